The van der Waals surface area contributed by atoms with Crippen molar-refractivity contribution in [2.75, 3.05) is 31.1 Å². The predicted molar refractivity (Wildman–Crippen MR) is 100 cm³/mol. The van der Waals surface area contributed by atoms with E-state index in [9.17, 15) is 9.59 Å². The number of amides is 2. The lowest BCUT2D eigenvalue weighted by molar-refractivity contribution is -0.377. The first kappa shape index (κ1) is 17.7. The number of aromatic nitrogens is 1. The number of carbonyl (C=O) groups is 2. The fourth-order valence-corrected chi connectivity index (χ4v) is 2.98. The van der Waals surface area contributed by atoms with E-state index in [1.807, 2.05) is 54.9 Å². The zero-order valence-electron chi connectivity index (χ0n) is 14.8. The van der Waals surface area contributed by atoms with Crippen LogP contribution < -0.4 is 15.2 Å². The van der Waals surface area contributed by atoms with Crippen molar-refractivity contribution in [1.82, 2.24) is 10.2 Å². The number of benzene rings is 1. The van der Waals surface area contributed by atoms with Gasteiger partial charge in [0.05, 0.1) is 0 Å². The van der Waals surface area contributed by atoms with E-state index in [4.69, 9.17) is 0 Å². The topological polar surface area (TPSA) is 66.8 Å². The van der Waals surface area contributed by atoms with Crippen molar-refractivity contribution in [2.45, 2.75) is 6.92 Å². The molecule has 2 amide bonds. The van der Waals surface area contributed by atoms with E-state index in [1.165, 1.54) is 6.92 Å². The molecular weight excluding hydrogens is 328 g/mol. The van der Waals surface area contributed by atoms with Crippen LogP contribution in [0.15, 0.2) is 60.6 Å². The standard InChI is InChI=1S/C20H22N4O2/c1-16(25)22-19(15-17-5-3-2-4-6-17)20(26)24-13-11-23(12-14-24)18-7-9-21-10-8-18/h2-10,15H,11-14H2,1H3,(H,22,25)/p+1/b19-15-. The Morgan fingerprint density at radius 3 is 2.27 bits per heavy atom. The Morgan fingerprint density at radius 2 is 1.65 bits per heavy atom. The molecule has 6 nitrogen and oxygen atoms in total. The molecule has 0 bridgehead atoms. The number of carbonyl (C=O) groups excluding carboxylic acids is 2. The number of nitrogens with one attached hydrogen (secondary N) is 2. The molecule has 2 heterocycles. The van der Waals surface area contributed by atoms with Crippen LogP contribution in [0.3, 0.4) is 0 Å². The Balaban J connectivity index is 1.70. The lowest BCUT2D eigenvalue weighted by Crippen LogP contribution is -2.50. The fraction of sp³-hybridized carbons (Fsp3) is 0.250. The largest absolute Gasteiger partial charge is 0.368 e. The minimum atomic E-state index is -0.250. The number of anilines is 1. The lowest BCUT2D eigenvalue weighted by atomic mass is 10.1. The Hall–Kier alpha value is -3.15. The van der Waals surface area contributed by atoms with E-state index < -0.39 is 0 Å². The zero-order valence-corrected chi connectivity index (χ0v) is 14.8. The second kappa shape index (κ2) is 8.29. The second-order valence-corrected chi connectivity index (χ2v) is 6.19. The van der Waals surface area contributed by atoms with Crippen molar-refractivity contribution in [1.29, 1.82) is 0 Å². The Labute approximate surface area is 153 Å². The smallest absolute Gasteiger partial charge is 0.270 e. The van der Waals surface area contributed by atoms with Gasteiger partial charge < -0.3 is 15.1 Å². The number of pyridine rings is 1. The number of H-pyrrole nitrogens is 1. The SMILES string of the molecule is CC(=O)N/C(=C\c1ccccc1)C(=O)N1CCN(c2cc[nH+]cc2)CC1. The monoisotopic (exact) mass is 351 g/mol. The molecule has 0 unspecified atom stereocenters. The quantitative estimate of drug-likeness (QED) is 0.845. The first-order chi connectivity index (χ1) is 12.6. The molecule has 1 fully saturated rings. The van der Waals surface area contributed by atoms with Gasteiger partial charge in [0.25, 0.3) is 5.91 Å². The predicted octanol–water partition coefficient (Wildman–Crippen LogP) is 1.33. The minimum absolute atomic E-state index is 0.148. The number of hydrogen-bond acceptors (Lipinski definition) is 3. The van der Waals surface area contributed by atoms with Gasteiger partial charge in [-0.2, -0.15) is 0 Å². The summed E-state index contributed by atoms with van der Waals surface area (Å²) in [6.45, 7) is 4.16. The van der Waals surface area contributed by atoms with Crippen LogP contribution in [0.2, 0.25) is 0 Å². The molecule has 0 radical (unpaired) electrons. The van der Waals surface area contributed by atoms with Crippen LogP contribution >= 0.6 is 0 Å². The van der Waals surface area contributed by atoms with Gasteiger partial charge in [-0.15, -0.1) is 0 Å². The molecule has 2 aromatic rings. The molecule has 6 heteroatoms. The summed E-state index contributed by atoms with van der Waals surface area (Å²) in [5.74, 6) is -0.398. The number of aromatic amines is 1. The third kappa shape index (κ3) is 4.47. The summed E-state index contributed by atoms with van der Waals surface area (Å²) in [6.07, 6.45) is 5.51. The minimum Gasteiger partial charge on any atom is -0.368 e. The van der Waals surface area contributed by atoms with Crippen LogP contribution in [0, 0.1) is 0 Å². The third-order valence-corrected chi connectivity index (χ3v) is 4.28. The molecule has 1 saturated heterocycles. The molecule has 0 spiro atoms. The third-order valence-electron chi connectivity index (χ3n) is 4.28. The van der Waals surface area contributed by atoms with E-state index in [1.54, 1.807) is 11.0 Å². The van der Waals surface area contributed by atoms with Gasteiger partial charge in [-0.3, -0.25) is 9.59 Å². The molecular formula is C20H23N4O2+. The molecule has 0 aliphatic carbocycles. The molecule has 26 heavy (non-hydrogen) atoms. The van der Waals surface area contributed by atoms with E-state index in [-0.39, 0.29) is 11.8 Å². The molecule has 0 atom stereocenters. The molecule has 134 valence electrons. The summed E-state index contributed by atoms with van der Waals surface area (Å²) in [5.41, 5.74) is 2.33. The zero-order chi connectivity index (χ0) is 18.4. The highest BCUT2D eigenvalue weighted by Crippen LogP contribution is 2.16. The van der Waals surface area contributed by atoms with Crippen LogP contribution in [0.25, 0.3) is 6.08 Å². The van der Waals surface area contributed by atoms with E-state index in [0.717, 1.165) is 24.3 Å². The highest BCUT2D eigenvalue weighted by Gasteiger charge is 2.24. The maximum atomic E-state index is 12.9. The van der Waals surface area contributed by atoms with Gasteiger partial charge in [0.1, 0.15) is 5.70 Å². The summed E-state index contributed by atoms with van der Waals surface area (Å²) >= 11 is 0. The van der Waals surface area contributed by atoms with Crippen LogP contribution in [-0.2, 0) is 9.59 Å². The Kier molecular flexibility index (Phi) is 5.63. The normalized spacial score (nSPS) is 14.9. The highest BCUT2D eigenvalue weighted by atomic mass is 16.2. The number of hydrogen-bond donors (Lipinski definition) is 1. The van der Waals surface area contributed by atoms with Crippen molar-refractivity contribution < 1.29 is 14.6 Å². The first-order valence-electron chi connectivity index (χ1n) is 8.68. The molecule has 1 aliphatic rings. The number of rotatable bonds is 4. The summed E-state index contributed by atoms with van der Waals surface area (Å²) in [6, 6.07) is 13.6. The van der Waals surface area contributed by atoms with Crippen molar-refractivity contribution in [3.8, 4) is 0 Å². The molecule has 0 saturated carbocycles. The first-order valence-corrected chi connectivity index (χ1v) is 8.68. The van der Waals surface area contributed by atoms with Crippen LogP contribution in [0.4, 0.5) is 5.69 Å². The lowest BCUT2D eigenvalue weighted by Gasteiger charge is -2.36. The summed E-state index contributed by atoms with van der Waals surface area (Å²) < 4.78 is 0. The summed E-state index contributed by atoms with van der Waals surface area (Å²) in [7, 11) is 0. The summed E-state index contributed by atoms with van der Waals surface area (Å²) in [4.78, 5) is 31.5. The van der Waals surface area contributed by atoms with Crippen LogP contribution in [0.1, 0.15) is 12.5 Å². The maximum Gasteiger partial charge on any atom is 0.270 e. The number of piperazine rings is 1. The Bertz CT molecular complexity index is 782. The Morgan fingerprint density at radius 1 is 1.00 bits per heavy atom. The van der Waals surface area contributed by atoms with E-state index in [0.29, 0.717) is 18.8 Å². The average Bonchev–Trinajstić information content (AvgIpc) is 2.68. The van der Waals surface area contributed by atoms with Crippen molar-refractivity contribution >= 4 is 23.6 Å². The van der Waals surface area contributed by atoms with Gasteiger partial charge in [0.2, 0.25) is 5.91 Å². The molecule has 2 N–H and O–H groups in total. The van der Waals surface area contributed by atoms with Gasteiger partial charge in [-0.25, -0.2) is 4.98 Å². The maximum absolute atomic E-state index is 12.9. The van der Waals surface area contributed by atoms with Crippen LogP contribution in [-0.4, -0.2) is 42.9 Å². The number of nitrogens with zero attached hydrogens (tertiary/aromatic N) is 2. The van der Waals surface area contributed by atoms with Crippen LogP contribution in [0.5, 0.6) is 0 Å². The molecule has 3 rings (SSSR count). The van der Waals surface area contributed by atoms with Crippen molar-refractivity contribution in [3.63, 3.8) is 0 Å². The highest BCUT2D eigenvalue weighted by molar-refractivity contribution is 6.01. The van der Waals surface area contributed by atoms with Gasteiger partial charge in [0, 0.05) is 50.9 Å². The molecule has 1 aromatic heterocycles. The fourth-order valence-electron chi connectivity index (χ4n) is 2.98. The van der Waals surface area contributed by atoms with Gasteiger partial charge in [0.15, 0.2) is 12.4 Å². The van der Waals surface area contributed by atoms with E-state index >= 15 is 0 Å². The average molecular weight is 351 g/mol. The second-order valence-electron chi connectivity index (χ2n) is 6.19. The van der Waals surface area contributed by atoms with E-state index in [2.05, 4.69) is 15.2 Å². The molecule has 1 aliphatic heterocycles. The van der Waals surface area contributed by atoms with Gasteiger partial charge in [-0.05, 0) is 11.6 Å². The van der Waals surface area contributed by atoms with Gasteiger partial charge >= 0.3 is 0 Å². The van der Waals surface area contributed by atoms with Crippen molar-refractivity contribution in [2.24, 2.45) is 0 Å². The van der Waals surface area contributed by atoms with Crippen molar-refractivity contribution in [3.05, 3.63) is 66.1 Å². The molecule has 1 aromatic carbocycles. The van der Waals surface area contributed by atoms with Gasteiger partial charge in [-0.1, -0.05) is 30.3 Å². The summed E-state index contributed by atoms with van der Waals surface area (Å²) in [5, 5.41) is 2.68.